The number of nitrogens with one attached hydrogen (secondary N) is 2. The normalized spacial score (nSPS) is 29.5. The third-order valence-electron chi connectivity index (χ3n) is 4.93. The van der Waals surface area contributed by atoms with Crippen molar-refractivity contribution in [1.82, 2.24) is 20.5 Å². The van der Waals surface area contributed by atoms with Crippen LogP contribution in [0.15, 0.2) is 0 Å². The van der Waals surface area contributed by atoms with Crippen LogP contribution in [0.2, 0.25) is 0 Å². The van der Waals surface area contributed by atoms with Crippen LogP contribution in [-0.4, -0.2) is 67.5 Å². The van der Waals surface area contributed by atoms with Gasteiger partial charge in [0.25, 0.3) is 0 Å². The molecule has 2 fully saturated rings. The van der Waals surface area contributed by atoms with E-state index in [1.165, 1.54) is 0 Å². The molecule has 0 aliphatic carbocycles. The third-order valence-corrected chi connectivity index (χ3v) is 4.93. The molecular formula is C17H33N5O2. The Morgan fingerprint density at radius 3 is 2.58 bits per heavy atom. The first-order valence-corrected chi connectivity index (χ1v) is 9.11. The Hall–Kier alpha value is -1.18. The highest BCUT2D eigenvalue weighted by Gasteiger charge is 2.31. The summed E-state index contributed by atoms with van der Waals surface area (Å²) in [6.45, 7) is 7.71. The average molecular weight is 339 g/mol. The zero-order valence-corrected chi connectivity index (χ0v) is 15.3. The van der Waals surface area contributed by atoms with Crippen molar-refractivity contribution in [3.8, 4) is 0 Å². The number of nitrogens with two attached hydrogens (primary N) is 1. The molecule has 7 heteroatoms. The minimum Gasteiger partial charge on any atom is -0.355 e. The molecule has 0 aromatic carbocycles. The minimum atomic E-state index is -0.103. The summed E-state index contributed by atoms with van der Waals surface area (Å²) in [6.07, 6.45) is 2.81. The number of likely N-dealkylation sites (tertiary alicyclic amines) is 1. The number of carbonyl (C=O) groups excluding carboxylic acids is 2. The average Bonchev–Trinajstić information content (AvgIpc) is 2.51. The van der Waals surface area contributed by atoms with Crippen molar-refractivity contribution < 1.29 is 9.59 Å². The van der Waals surface area contributed by atoms with E-state index in [2.05, 4.69) is 22.6 Å². The number of piperidine rings is 2. The quantitative estimate of drug-likeness (QED) is 0.603. The number of hydrogen-bond acceptors (Lipinski definition) is 5. The Kier molecular flexibility index (Phi) is 7.01. The molecule has 2 aliphatic rings. The number of nitrogens with zero attached hydrogens (tertiary/aromatic N) is 2. The fourth-order valence-corrected chi connectivity index (χ4v) is 3.75. The smallest absolute Gasteiger partial charge is 0.224 e. The summed E-state index contributed by atoms with van der Waals surface area (Å²) >= 11 is 0. The fourth-order valence-electron chi connectivity index (χ4n) is 3.75. The van der Waals surface area contributed by atoms with Crippen molar-refractivity contribution in [1.29, 1.82) is 0 Å². The summed E-state index contributed by atoms with van der Waals surface area (Å²) in [4.78, 5) is 26.8. The van der Waals surface area contributed by atoms with Gasteiger partial charge in [-0.25, -0.2) is 5.01 Å². The molecule has 2 saturated heterocycles. The van der Waals surface area contributed by atoms with Crippen LogP contribution in [0.4, 0.5) is 0 Å². The molecule has 2 rings (SSSR count). The molecule has 0 bridgehead atoms. The predicted octanol–water partition coefficient (Wildman–Crippen LogP) is -0.219. The maximum absolute atomic E-state index is 12.4. The Morgan fingerprint density at radius 2 is 1.92 bits per heavy atom. The molecule has 3 atom stereocenters. The second-order valence-electron chi connectivity index (χ2n) is 7.76. The number of hydrogen-bond donors (Lipinski definition) is 3. The van der Waals surface area contributed by atoms with Crippen molar-refractivity contribution in [3.05, 3.63) is 0 Å². The van der Waals surface area contributed by atoms with Crippen LogP contribution in [0, 0.1) is 17.8 Å². The topological polar surface area (TPSA) is 90.7 Å². The molecule has 0 aromatic heterocycles. The Morgan fingerprint density at radius 1 is 1.17 bits per heavy atom. The SMILES string of the molecule is CC(C)NC(=O)[C@@H]1CC(CNC(=O)[C@@H]2CCCN(C)C2)CN(N)C1. The Bertz CT molecular complexity index is 443. The first kappa shape index (κ1) is 19.1. The lowest BCUT2D eigenvalue weighted by atomic mass is 9.88. The summed E-state index contributed by atoms with van der Waals surface area (Å²) in [5.74, 6) is 6.38. The van der Waals surface area contributed by atoms with E-state index >= 15 is 0 Å². The molecule has 1 unspecified atom stereocenters. The molecule has 0 spiro atoms. The van der Waals surface area contributed by atoms with Crippen LogP contribution in [0.25, 0.3) is 0 Å². The van der Waals surface area contributed by atoms with Gasteiger partial charge in [0.15, 0.2) is 0 Å². The lowest BCUT2D eigenvalue weighted by molar-refractivity contribution is -0.128. The third kappa shape index (κ3) is 5.72. The van der Waals surface area contributed by atoms with E-state index in [4.69, 9.17) is 5.84 Å². The highest BCUT2D eigenvalue weighted by Crippen LogP contribution is 2.21. The highest BCUT2D eigenvalue weighted by atomic mass is 16.2. The lowest BCUT2D eigenvalue weighted by Crippen LogP contribution is -2.52. The van der Waals surface area contributed by atoms with E-state index in [0.29, 0.717) is 13.1 Å². The standard InChI is InChI=1S/C17H33N5O2/c1-12(2)20-17(24)15-7-13(9-22(18)11-15)8-19-16(23)14-5-4-6-21(3)10-14/h12-15H,4-11,18H2,1-3H3,(H,19,23)(H,20,24)/t13?,14-,15-/m1/s1. The molecule has 7 nitrogen and oxygen atoms in total. The van der Waals surface area contributed by atoms with Crippen LogP contribution in [0.5, 0.6) is 0 Å². The fraction of sp³-hybridized carbons (Fsp3) is 0.882. The largest absolute Gasteiger partial charge is 0.355 e. The number of hydrazine groups is 1. The van der Waals surface area contributed by atoms with Gasteiger partial charge >= 0.3 is 0 Å². The van der Waals surface area contributed by atoms with Crippen LogP contribution >= 0.6 is 0 Å². The maximum atomic E-state index is 12.4. The second-order valence-corrected chi connectivity index (χ2v) is 7.76. The summed E-state index contributed by atoms with van der Waals surface area (Å²) in [5, 5.41) is 7.75. The molecule has 0 aromatic rings. The van der Waals surface area contributed by atoms with Crippen molar-refractivity contribution in [2.45, 2.75) is 39.2 Å². The van der Waals surface area contributed by atoms with Gasteiger partial charge in [-0.05, 0) is 52.6 Å². The van der Waals surface area contributed by atoms with Crippen molar-refractivity contribution >= 4 is 11.8 Å². The van der Waals surface area contributed by atoms with Gasteiger partial charge in [0.05, 0.1) is 11.8 Å². The summed E-state index contributed by atoms with van der Waals surface area (Å²) in [7, 11) is 2.06. The first-order valence-electron chi connectivity index (χ1n) is 9.11. The molecule has 2 amide bonds. The van der Waals surface area contributed by atoms with Crippen LogP contribution in [0.1, 0.15) is 33.1 Å². The van der Waals surface area contributed by atoms with Gasteiger partial charge in [-0.15, -0.1) is 0 Å². The number of rotatable bonds is 5. The Labute approximate surface area is 145 Å². The van der Waals surface area contributed by atoms with Crippen LogP contribution in [-0.2, 0) is 9.59 Å². The molecular weight excluding hydrogens is 306 g/mol. The van der Waals surface area contributed by atoms with E-state index in [-0.39, 0.29) is 35.6 Å². The van der Waals surface area contributed by atoms with Crippen molar-refractivity contribution in [2.24, 2.45) is 23.6 Å². The minimum absolute atomic E-state index is 0.0605. The zero-order valence-electron chi connectivity index (χ0n) is 15.3. The molecule has 0 radical (unpaired) electrons. The molecule has 138 valence electrons. The van der Waals surface area contributed by atoms with E-state index in [9.17, 15) is 9.59 Å². The van der Waals surface area contributed by atoms with Crippen LogP contribution < -0.4 is 16.5 Å². The molecule has 2 heterocycles. The number of carbonyl (C=O) groups is 2. The second kappa shape index (κ2) is 8.78. The number of amides is 2. The summed E-state index contributed by atoms with van der Waals surface area (Å²) < 4.78 is 0. The predicted molar refractivity (Wildman–Crippen MR) is 93.9 cm³/mol. The van der Waals surface area contributed by atoms with Gasteiger partial charge < -0.3 is 15.5 Å². The van der Waals surface area contributed by atoms with E-state index in [0.717, 1.165) is 38.9 Å². The summed E-state index contributed by atoms with van der Waals surface area (Å²) in [5.41, 5.74) is 0. The van der Waals surface area contributed by atoms with Gasteiger partial charge in [-0.3, -0.25) is 15.4 Å². The van der Waals surface area contributed by atoms with Gasteiger partial charge in [-0.2, -0.15) is 0 Å². The summed E-state index contributed by atoms with van der Waals surface area (Å²) in [6, 6.07) is 0.132. The monoisotopic (exact) mass is 339 g/mol. The van der Waals surface area contributed by atoms with Crippen molar-refractivity contribution in [3.63, 3.8) is 0 Å². The van der Waals surface area contributed by atoms with Crippen LogP contribution in [0.3, 0.4) is 0 Å². The van der Waals surface area contributed by atoms with E-state index in [1.54, 1.807) is 5.01 Å². The van der Waals surface area contributed by atoms with E-state index in [1.807, 2.05) is 13.8 Å². The molecule has 0 saturated carbocycles. The molecule has 4 N–H and O–H groups in total. The van der Waals surface area contributed by atoms with Gasteiger partial charge in [0, 0.05) is 32.2 Å². The molecule has 24 heavy (non-hydrogen) atoms. The van der Waals surface area contributed by atoms with E-state index < -0.39 is 0 Å². The Balaban J connectivity index is 1.80. The van der Waals surface area contributed by atoms with Crippen molar-refractivity contribution in [2.75, 3.05) is 39.8 Å². The zero-order chi connectivity index (χ0) is 17.7. The maximum Gasteiger partial charge on any atom is 0.224 e. The van der Waals surface area contributed by atoms with Gasteiger partial charge in [0.2, 0.25) is 11.8 Å². The van der Waals surface area contributed by atoms with Gasteiger partial charge in [-0.1, -0.05) is 0 Å². The van der Waals surface area contributed by atoms with Gasteiger partial charge in [0.1, 0.15) is 0 Å². The first-order chi connectivity index (χ1) is 11.3. The molecule has 2 aliphatic heterocycles. The highest BCUT2D eigenvalue weighted by molar-refractivity contribution is 5.80. The lowest BCUT2D eigenvalue weighted by Gasteiger charge is -2.35.